The molecule has 21 heavy (non-hydrogen) atoms. The van der Waals surface area contributed by atoms with Gasteiger partial charge in [-0.3, -0.25) is 4.79 Å². The maximum absolute atomic E-state index is 11.2. The molecule has 1 aromatic heterocycles. The number of nitriles is 1. The lowest BCUT2D eigenvalue weighted by Crippen LogP contribution is -2.12. The minimum absolute atomic E-state index is 0.203. The number of allylic oxidation sites excluding steroid dienone is 1. The highest BCUT2D eigenvalue weighted by Gasteiger charge is 2.09. The van der Waals surface area contributed by atoms with Crippen molar-refractivity contribution in [3.63, 3.8) is 0 Å². The first kappa shape index (κ1) is 14.2. The van der Waals surface area contributed by atoms with Gasteiger partial charge in [0.1, 0.15) is 11.6 Å². The van der Waals surface area contributed by atoms with Gasteiger partial charge in [-0.25, -0.2) is 0 Å². The van der Waals surface area contributed by atoms with E-state index in [1.165, 1.54) is 6.20 Å². The van der Waals surface area contributed by atoms with Crippen molar-refractivity contribution in [2.45, 2.75) is 13.8 Å². The van der Waals surface area contributed by atoms with Crippen LogP contribution in [0.3, 0.4) is 0 Å². The summed E-state index contributed by atoms with van der Waals surface area (Å²) in [5.41, 5.74) is 8.41. The molecule has 4 N–H and O–H groups in total. The van der Waals surface area contributed by atoms with Crippen LogP contribution in [0.5, 0.6) is 0 Å². The van der Waals surface area contributed by atoms with Crippen molar-refractivity contribution < 1.29 is 4.79 Å². The first-order valence-electron chi connectivity index (χ1n) is 6.04. The van der Waals surface area contributed by atoms with Crippen molar-refractivity contribution in [1.82, 2.24) is 20.6 Å². The molecule has 0 fully saturated rings. The molecule has 0 aliphatic heterocycles. The van der Waals surface area contributed by atoms with Gasteiger partial charge in [0, 0.05) is 17.5 Å². The van der Waals surface area contributed by atoms with Crippen LogP contribution >= 0.6 is 0 Å². The number of hydrogen-bond acceptors (Lipinski definition) is 6. The summed E-state index contributed by atoms with van der Waals surface area (Å²) in [6.45, 7) is 3.69. The van der Waals surface area contributed by atoms with Gasteiger partial charge in [0.2, 0.25) is 11.7 Å². The molecule has 2 rings (SSSR count). The maximum atomic E-state index is 11.2. The molecule has 106 valence electrons. The van der Waals surface area contributed by atoms with Gasteiger partial charge in [0.05, 0.1) is 0 Å². The average molecular weight is 283 g/mol. The van der Waals surface area contributed by atoms with E-state index in [0.29, 0.717) is 5.56 Å². The van der Waals surface area contributed by atoms with Gasteiger partial charge >= 0.3 is 0 Å². The first-order valence-corrected chi connectivity index (χ1v) is 6.04. The topological polar surface area (TPSA) is 133 Å². The minimum Gasteiger partial charge on any atom is -0.366 e. The Morgan fingerprint density at radius 3 is 2.57 bits per heavy atom. The molecule has 8 heteroatoms. The fourth-order valence-electron chi connectivity index (χ4n) is 1.90. The fraction of sp³-hybridized carbons (Fsp3) is 0.154. The summed E-state index contributed by atoms with van der Waals surface area (Å²) in [4.78, 5) is 11.2. The number of carbonyl (C=O) groups excluding carboxylic acids is 1. The number of amides is 1. The zero-order valence-corrected chi connectivity index (χ0v) is 11.5. The highest BCUT2D eigenvalue weighted by atomic mass is 16.1. The Hall–Kier alpha value is -3.21. The molecular formula is C13H13N7O. The number of nitrogens with one attached hydrogen (secondary N) is 2. The standard InChI is InChI=1S/C13H13N7O/c1-7-3-9(12(15)21)4-8(2)11(7)16-6-10(5-14)13-17-19-20-18-13/h3-4,6,16H,1-2H3,(H2,15,21)(H,17,18,19,20). The summed E-state index contributed by atoms with van der Waals surface area (Å²) in [6.07, 6.45) is 1.49. The molecule has 0 saturated heterocycles. The quantitative estimate of drug-likeness (QED) is 0.713. The van der Waals surface area contributed by atoms with E-state index in [2.05, 4.69) is 25.9 Å². The lowest BCUT2D eigenvalue weighted by molar-refractivity contribution is 0.1000. The number of carbonyl (C=O) groups is 1. The highest BCUT2D eigenvalue weighted by molar-refractivity contribution is 5.94. The second kappa shape index (κ2) is 5.83. The van der Waals surface area contributed by atoms with Gasteiger partial charge in [-0.1, -0.05) is 0 Å². The number of primary amides is 1. The van der Waals surface area contributed by atoms with E-state index in [4.69, 9.17) is 11.0 Å². The number of hydrogen-bond donors (Lipinski definition) is 3. The van der Waals surface area contributed by atoms with E-state index in [1.807, 2.05) is 19.9 Å². The predicted molar refractivity (Wildman–Crippen MR) is 75.8 cm³/mol. The van der Waals surface area contributed by atoms with Crippen LogP contribution in [0.25, 0.3) is 5.57 Å². The van der Waals surface area contributed by atoms with Gasteiger partial charge in [0.15, 0.2) is 0 Å². The Kier molecular flexibility index (Phi) is 3.95. The van der Waals surface area contributed by atoms with E-state index < -0.39 is 5.91 Å². The lowest BCUT2D eigenvalue weighted by atomic mass is 10.0. The summed E-state index contributed by atoms with van der Waals surface area (Å²) < 4.78 is 0. The second-order valence-corrected chi connectivity index (χ2v) is 4.40. The molecule has 1 amide bonds. The van der Waals surface area contributed by atoms with Gasteiger partial charge in [-0.15, -0.1) is 10.2 Å². The minimum atomic E-state index is -0.479. The fourth-order valence-corrected chi connectivity index (χ4v) is 1.90. The number of rotatable bonds is 4. The molecule has 2 aromatic rings. The smallest absolute Gasteiger partial charge is 0.248 e. The van der Waals surface area contributed by atoms with E-state index in [-0.39, 0.29) is 11.4 Å². The highest BCUT2D eigenvalue weighted by Crippen LogP contribution is 2.23. The van der Waals surface area contributed by atoms with Crippen LogP contribution in [0.15, 0.2) is 18.3 Å². The van der Waals surface area contributed by atoms with Crippen LogP contribution in [-0.2, 0) is 0 Å². The molecule has 1 aromatic carbocycles. The summed E-state index contributed by atoms with van der Waals surface area (Å²) in [5, 5.41) is 25.3. The van der Waals surface area contributed by atoms with Crippen molar-refractivity contribution in [1.29, 1.82) is 5.26 Å². The zero-order valence-electron chi connectivity index (χ0n) is 11.5. The third-order valence-corrected chi connectivity index (χ3v) is 2.88. The van der Waals surface area contributed by atoms with Crippen LogP contribution in [0.2, 0.25) is 0 Å². The number of aromatic nitrogens is 4. The second-order valence-electron chi connectivity index (χ2n) is 4.40. The van der Waals surface area contributed by atoms with Crippen molar-refractivity contribution >= 4 is 17.2 Å². The molecule has 0 radical (unpaired) electrons. The Bertz CT molecular complexity index is 717. The summed E-state index contributed by atoms with van der Waals surface area (Å²) in [6, 6.07) is 5.36. The molecule has 0 aliphatic carbocycles. The summed E-state index contributed by atoms with van der Waals surface area (Å²) in [7, 11) is 0. The molecule has 0 saturated carbocycles. The number of tetrazole rings is 1. The summed E-state index contributed by atoms with van der Waals surface area (Å²) >= 11 is 0. The van der Waals surface area contributed by atoms with Crippen LogP contribution < -0.4 is 11.1 Å². The van der Waals surface area contributed by atoms with Crippen molar-refractivity contribution in [2.24, 2.45) is 5.73 Å². The van der Waals surface area contributed by atoms with Crippen LogP contribution in [0.1, 0.15) is 27.3 Å². The SMILES string of the molecule is Cc1cc(C(N)=O)cc(C)c1NC=C(C#N)c1nn[nH]n1. The molecule has 8 nitrogen and oxygen atoms in total. The third kappa shape index (κ3) is 3.03. The predicted octanol–water partition coefficient (Wildman–Crippen LogP) is 0.892. The summed E-state index contributed by atoms with van der Waals surface area (Å²) in [5.74, 6) is -0.276. The first-order chi connectivity index (χ1) is 10.0. The van der Waals surface area contributed by atoms with Crippen molar-refractivity contribution in [3.8, 4) is 6.07 Å². The molecule has 0 aliphatic rings. The van der Waals surface area contributed by atoms with Gasteiger partial charge in [-0.2, -0.15) is 10.5 Å². The number of aryl methyl sites for hydroxylation is 2. The average Bonchev–Trinajstić information content (AvgIpc) is 2.95. The monoisotopic (exact) mass is 283 g/mol. The van der Waals surface area contributed by atoms with E-state index in [9.17, 15) is 4.79 Å². The Balaban J connectivity index is 2.32. The van der Waals surface area contributed by atoms with Crippen molar-refractivity contribution in [3.05, 3.63) is 40.8 Å². The number of H-pyrrole nitrogens is 1. The van der Waals surface area contributed by atoms with Crippen molar-refractivity contribution in [2.75, 3.05) is 5.32 Å². The number of nitrogens with zero attached hydrogens (tertiary/aromatic N) is 4. The number of nitrogens with two attached hydrogens (primary N) is 1. The van der Waals surface area contributed by atoms with E-state index in [0.717, 1.165) is 16.8 Å². The van der Waals surface area contributed by atoms with Gasteiger partial charge in [-0.05, 0) is 42.3 Å². The van der Waals surface area contributed by atoms with Gasteiger partial charge in [0.25, 0.3) is 0 Å². The molecule has 1 heterocycles. The maximum Gasteiger partial charge on any atom is 0.248 e. The number of anilines is 1. The largest absolute Gasteiger partial charge is 0.366 e. The Morgan fingerprint density at radius 1 is 1.43 bits per heavy atom. The van der Waals surface area contributed by atoms with E-state index >= 15 is 0 Å². The number of aromatic amines is 1. The zero-order chi connectivity index (χ0) is 15.4. The van der Waals surface area contributed by atoms with Crippen LogP contribution in [0, 0.1) is 25.2 Å². The molecular weight excluding hydrogens is 270 g/mol. The van der Waals surface area contributed by atoms with E-state index in [1.54, 1.807) is 12.1 Å². The molecule has 0 bridgehead atoms. The van der Waals surface area contributed by atoms with Gasteiger partial charge < -0.3 is 11.1 Å². The third-order valence-electron chi connectivity index (χ3n) is 2.88. The molecule has 0 spiro atoms. The Labute approximate surface area is 120 Å². The van der Waals surface area contributed by atoms with Crippen LogP contribution in [-0.4, -0.2) is 26.5 Å². The van der Waals surface area contributed by atoms with Crippen LogP contribution in [0.4, 0.5) is 5.69 Å². The molecule has 0 unspecified atom stereocenters. The number of benzene rings is 1. The lowest BCUT2D eigenvalue weighted by Gasteiger charge is -2.11. The Morgan fingerprint density at radius 2 is 2.10 bits per heavy atom. The molecule has 0 atom stereocenters. The normalized spacial score (nSPS) is 11.0.